The third-order valence-corrected chi connectivity index (χ3v) is 7.06. The van der Waals surface area contributed by atoms with Crippen LogP contribution in [-0.4, -0.2) is 55.3 Å². The van der Waals surface area contributed by atoms with E-state index in [4.69, 9.17) is 0 Å². The summed E-state index contributed by atoms with van der Waals surface area (Å²) in [4.78, 5) is 7.00. The fraction of sp³-hybridized carbons (Fsp3) is 0.500. The second kappa shape index (κ2) is 6.78. The number of benzene rings is 1. The number of fused-ring (bicyclic) bond motifs is 1. The number of hydrogen-bond donors (Lipinski definition) is 0. The van der Waals surface area contributed by atoms with E-state index in [1.165, 1.54) is 0 Å². The Kier molecular flexibility index (Phi) is 4.90. The van der Waals surface area contributed by atoms with Crippen LogP contribution >= 0.6 is 0 Å². The van der Waals surface area contributed by atoms with Gasteiger partial charge in [0.2, 0.25) is 10.0 Å². The summed E-state index contributed by atoms with van der Waals surface area (Å²) in [6.07, 6.45) is 2.55. The first kappa shape index (κ1) is 17.3. The van der Waals surface area contributed by atoms with Crippen molar-refractivity contribution in [2.75, 3.05) is 26.7 Å². The van der Waals surface area contributed by atoms with Gasteiger partial charge in [0, 0.05) is 31.2 Å². The van der Waals surface area contributed by atoms with Gasteiger partial charge < -0.3 is 4.90 Å². The molecule has 0 aliphatic carbocycles. The van der Waals surface area contributed by atoms with Gasteiger partial charge in [0.25, 0.3) is 0 Å². The predicted molar refractivity (Wildman–Crippen MR) is 96.4 cm³/mol. The van der Waals surface area contributed by atoms with Gasteiger partial charge in [0.05, 0.1) is 10.4 Å². The summed E-state index contributed by atoms with van der Waals surface area (Å²) in [5, 5.41) is 0.686. The molecule has 0 radical (unpaired) electrons. The quantitative estimate of drug-likeness (QED) is 0.853. The van der Waals surface area contributed by atoms with E-state index in [1.807, 2.05) is 12.1 Å². The molecule has 0 spiro atoms. The number of piperidine rings is 1. The van der Waals surface area contributed by atoms with Crippen molar-refractivity contribution >= 4 is 20.9 Å². The molecule has 2 aromatic rings. The maximum Gasteiger partial charge on any atom is 0.243 e. The van der Waals surface area contributed by atoms with Crippen LogP contribution in [0, 0.1) is 5.92 Å². The zero-order chi connectivity index (χ0) is 17.3. The van der Waals surface area contributed by atoms with Gasteiger partial charge in [-0.05, 0) is 49.7 Å². The summed E-state index contributed by atoms with van der Waals surface area (Å²) in [7, 11) is -1.83. The van der Waals surface area contributed by atoms with E-state index in [-0.39, 0.29) is 6.04 Å². The van der Waals surface area contributed by atoms with Crippen LogP contribution in [0.25, 0.3) is 10.9 Å². The van der Waals surface area contributed by atoms with Gasteiger partial charge in [0.1, 0.15) is 0 Å². The van der Waals surface area contributed by atoms with Crippen molar-refractivity contribution in [2.24, 2.45) is 5.92 Å². The average molecular weight is 347 g/mol. The number of aromatic nitrogens is 1. The monoisotopic (exact) mass is 347 g/mol. The molecule has 0 bridgehead atoms. The Balaban J connectivity index is 1.95. The average Bonchev–Trinajstić information content (AvgIpc) is 2.60. The smallest absolute Gasteiger partial charge is 0.243 e. The minimum atomic E-state index is -3.55. The first-order chi connectivity index (χ1) is 11.4. The molecule has 1 aliphatic rings. The van der Waals surface area contributed by atoms with Crippen molar-refractivity contribution < 1.29 is 8.42 Å². The maximum absolute atomic E-state index is 13.2. The lowest BCUT2D eigenvalue weighted by Crippen LogP contribution is -2.50. The number of pyridine rings is 1. The molecule has 6 heteroatoms. The van der Waals surface area contributed by atoms with E-state index in [2.05, 4.69) is 23.7 Å². The minimum absolute atomic E-state index is 0.0322. The molecule has 1 aliphatic heterocycles. The van der Waals surface area contributed by atoms with Crippen molar-refractivity contribution in [1.29, 1.82) is 0 Å². The van der Waals surface area contributed by atoms with Gasteiger partial charge in [-0.15, -0.1) is 0 Å². The molecule has 5 nitrogen and oxygen atoms in total. The van der Waals surface area contributed by atoms with Gasteiger partial charge in [-0.2, -0.15) is 4.31 Å². The first-order valence-corrected chi connectivity index (χ1v) is 9.93. The summed E-state index contributed by atoms with van der Waals surface area (Å²) in [6, 6.07) is 8.93. The van der Waals surface area contributed by atoms with Gasteiger partial charge in [0.15, 0.2) is 0 Å². The van der Waals surface area contributed by atoms with Crippen LogP contribution in [0.1, 0.15) is 20.3 Å². The fourth-order valence-electron chi connectivity index (χ4n) is 3.68. The summed E-state index contributed by atoms with van der Waals surface area (Å²) in [6.45, 7) is 7.20. The van der Waals surface area contributed by atoms with Crippen LogP contribution in [0.15, 0.2) is 41.4 Å². The Bertz CT molecular complexity index is 817. The highest BCUT2D eigenvalue weighted by atomic mass is 32.2. The molecule has 2 atom stereocenters. The molecule has 24 heavy (non-hydrogen) atoms. The van der Waals surface area contributed by atoms with E-state index in [0.29, 0.717) is 21.7 Å². The highest BCUT2D eigenvalue weighted by molar-refractivity contribution is 7.89. The SMILES string of the molecule is CCN1CC[C@H](N(C)S(=O)(=O)c2cccc3ncccc23)[C@H](C)C1. The van der Waals surface area contributed by atoms with Gasteiger partial charge in [-0.3, -0.25) is 4.98 Å². The molecule has 1 fully saturated rings. The van der Waals surface area contributed by atoms with Crippen LogP contribution in [0.5, 0.6) is 0 Å². The van der Waals surface area contributed by atoms with Gasteiger partial charge >= 0.3 is 0 Å². The minimum Gasteiger partial charge on any atom is -0.303 e. The van der Waals surface area contributed by atoms with Crippen molar-refractivity contribution in [3.63, 3.8) is 0 Å². The van der Waals surface area contributed by atoms with E-state index >= 15 is 0 Å². The van der Waals surface area contributed by atoms with Gasteiger partial charge in [-0.1, -0.05) is 19.9 Å². The molecular formula is C18H25N3O2S. The lowest BCUT2D eigenvalue weighted by atomic mass is 9.94. The molecule has 0 N–H and O–H groups in total. The third kappa shape index (κ3) is 3.06. The number of rotatable bonds is 4. The largest absolute Gasteiger partial charge is 0.303 e. The molecular weight excluding hydrogens is 322 g/mol. The van der Waals surface area contributed by atoms with E-state index < -0.39 is 10.0 Å². The summed E-state index contributed by atoms with van der Waals surface area (Å²) >= 11 is 0. The number of sulfonamides is 1. The Morgan fingerprint density at radius 2 is 2.08 bits per heavy atom. The molecule has 2 heterocycles. The Morgan fingerprint density at radius 1 is 1.29 bits per heavy atom. The maximum atomic E-state index is 13.2. The molecule has 1 aromatic heterocycles. The lowest BCUT2D eigenvalue weighted by molar-refractivity contribution is 0.123. The van der Waals surface area contributed by atoms with E-state index in [0.717, 1.165) is 26.1 Å². The highest BCUT2D eigenvalue weighted by Crippen LogP contribution is 2.29. The van der Waals surface area contributed by atoms with Crippen LogP contribution in [0.2, 0.25) is 0 Å². The summed E-state index contributed by atoms with van der Waals surface area (Å²) < 4.78 is 28.0. The normalized spacial score (nSPS) is 23.0. The van der Waals surface area contributed by atoms with E-state index in [1.54, 1.807) is 35.7 Å². The summed E-state index contributed by atoms with van der Waals surface area (Å²) in [5.41, 5.74) is 0.709. The Labute approximate surface area is 144 Å². The number of nitrogens with zero attached hydrogens (tertiary/aromatic N) is 3. The highest BCUT2D eigenvalue weighted by Gasteiger charge is 2.35. The first-order valence-electron chi connectivity index (χ1n) is 8.49. The Hall–Kier alpha value is -1.50. The summed E-state index contributed by atoms with van der Waals surface area (Å²) in [5.74, 6) is 0.312. The second-order valence-electron chi connectivity index (χ2n) is 6.57. The van der Waals surface area contributed by atoms with Crippen molar-refractivity contribution in [1.82, 2.24) is 14.2 Å². The van der Waals surface area contributed by atoms with Crippen LogP contribution in [0.3, 0.4) is 0 Å². The van der Waals surface area contributed by atoms with Crippen LogP contribution in [0.4, 0.5) is 0 Å². The number of hydrogen-bond acceptors (Lipinski definition) is 4. The second-order valence-corrected chi connectivity index (χ2v) is 8.54. The fourth-order valence-corrected chi connectivity index (χ4v) is 5.36. The van der Waals surface area contributed by atoms with Crippen molar-refractivity contribution in [3.05, 3.63) is 36.5 Å². The predicted octanol–water partition coefficient (Wildman–Crippen LogP) is 2.59. The number of likely N-dealkylation sites (tertiary alicyclic amines) is 1. The molecule has 0 saturated carbocycles. The molecule has 1 aromatic carbocycles. The molecule has 130 valence electrons. The van der Waals surface area contributed by atoms with Crippen LogP contribution in [-0.2, 0) is 10.0 Å². The van der Waals surface area contributed by atoms with Gasteiger partial charge in [-0.25, -0.2) is 8.42 Å². The Morgan fingerprint density at radius 3 is 2.79 bits per heavy atom. The zero-order valence-corrected chi connectivity index (χ0v) is 15.3. The molecule has 1 saturated heterocycles. The molecule has 0 unspecified atom stereocenters. The van der Waals surface area contributed by atoms with Crippen LogP contribution < -0.4 is 0 Å². The lowest BCUT2D eigenvalue weighted by Gasteiger charge is -2.40. The van der Waals surface area contributed by atoms with E-state index in [9.17, 15) is 8.42 Å². The standard InChI is InChI=1S/C18H25N3O2S/c1-4-21-12-10-17(14(2)13-21)20(3)24(22,23)18-9-5-8-16-15(18)7-6-11-19-16/h5-9,11,14,17H,4,10,12-13H2,1-3H3/t14-,17+/m1/s1. The molecule has 0 amide bonds. The van der Waals surface area contributed by atoms with Crippen molar-refractivity contribution in [3.8, 4) is 0 Å². The topological polar surface area (TPSA) is 53.5 Å². The van der Waals surface area contributed by atoms with Crippen molar-refractivity contribution in [2.45, 2.75) is 31.2 Å². The zero-order valence-electron chi connectivity index (χ0n) is 14.5. The third-order valence-electron chi connectivity index (χ3n) is 5.12. The molecule has 3 rings (SSSR count).